The van der Waals surface area contributed by atoms with Crippen molar-refractivity contribution in [1.82, 2.24) is 9.88 Å². The van der Waals surface area contributed by atoms with Gasteiger partial charge in [0, 0.05) is 30.1 Å². The zero-order chi connectivity index (χ0) is 19.2. The molecule has 1 N–H and O–H groups in total. The minimum atomic E-state index is -0.243. The van der Waals surface area contributed by atoms with Crippen molar-refractivity contribution in [2.45, 2.75) is 6.54 Å². The maximum Gasteiger partial charge on any atom is 0.272 e. The van der Waals surface area contributed by atoms with Gasteiger partial charge in [0.05, 0.1) is 26.3 Å². The highest BCUT2D eigenvalue weighted by atomic mass is 16.5. The minimum absolute atomic E-state index is 0.141. The molecule has 6 nitrogen and oxygen atoms in total. The van der Waals surface area contributed by atoms with Crippen LogP contribution in [0.2, 0.25) is 0 Å². The number of pyridine rings is 1. The van der Waals surface area contributed by atoms with E-state index in [1.165, 1.54) is 0 Å². The summed E-state index contributed by atoms with van der Waals surface area (Å²) in [6.07, 6.45) is 0. The fraction of sp³-hybridized carbons (Fsp3) is 0.238. The second-order valence-electron chi connectivity index (χ2n) is 6.02. The first-order valence-corrected chi connectivity index (χ1v) is 8.63. The quantitative estimate of drug-likeness (QED) is 0.696. The van der Waals surface area contributed by atoms with Gasteiger partial charge in [-0.2, -0.15) is 0 Å². The average molecular weight is 366 g/mol. The zero-order valence-corrected chi connectivity index (χ0v) is 15.4. The Balaban J connectivity index is 1.89. The first kappa shape index (κ1) is 18.7. The Morgan fingerprint density at radius 3 is 2.63 bits per heavy atom. The van der Waals surface area contributed by atoms with Crippen LogP contribution in [0.1, 0.15) is 16.1 Å². The Hall–Kier alpha value is -3.12. The van der Waals surface area contributed by atoms with Gasteiger partial charge in [-0.25, -0.2) is 4.98 Å². The number of hydrogen-bond donors (Lipinski definition) is 1. The number of benzene rings is 2. The van der Waals surface area contributed by atoms with Crippen molar-refractivity contribution in [2.24, 2.45) is 0 Å². The van der Waals surface area contributed by atoms with E-state index in [1.807, 2.05) is 42.5 Å². The molecule has 6 heteroatoms. The van der Waals surface area contributed by atoms with Gasteiger partial charge < -0.3 is 19.5 Å². The molecule has 3 rings (SSSR count). The summed E-state index contributed by atoms with van der Waals surface area (Å²) < 4.78 is 10.6. The molecule has 0 aliphatic heterocycles. The normalized spacial score (nSPS) is 10.6. The summed E-state index contributed by atoms with van der Waals surface area (Å²) in [6, 6.07) is 16.7. The van der Waals surface area contributed by atoms with Crippen LogP contribution in [0.25, 0.3) is 10.9 Å². The molecule has 0 saturated heterocycles. The molecule has 1 amide bonds. The molecule has 0 aliphatic carbocycles. The Labute approximate surface area is 158 Å². The SMILES string of the molecule is COc1ccc(CN(CCO)C(=O)c2ccc3ccccc3n2)c(OC)c1. The van der Waals surface area contributed by atoms with Crippen LogP contribution in [0.5, 0.6) is 11.5 Å². The van der Waals surface area contributed by atoms with Crippen molar-refractivity contribution in [2.75, 3.05) is 27.4 Å². The van der Waals surface area contributed by atoms with Gasteiger partial charge in [-0.15, -0.1) is 0 Å². The fourth-order valence-corrected chi connectivity index (χ4v) is 2.91. The van der Waals surface area contributed by atoms with E-state index in [-0.39, 0.29) is 19.1 Å². The number of aliphatic hydroxyl groups is 1. The molecule has 27 heavy (non-hydrogen) atoms. The third-order valence-corrected chi connectivity index (χ3v) is 4.33. The van der Waals surface area contributed by atoms with Gasteiger partial charge in [0.2, 0.25) is 0 Å². The van der Waals surface area contributed by atoms with E-state index >= 15 is 0 Å². The Morgan fingerprint density at radius 1 is 1.07 bits per heavy atom. The molecule has 0 saturated carbocycles. The third-order valence-electron chi connectivity index (χ3n) is 4.33. The second-order valence-corrected chi connectivity index (χ2v) is 6.02. The lowest BCUT2D eigenvalue weighted by Gasteiger charge is -2.23. The third kappa shape index (κ3) is 4.17. The average Bonchev–Trinajstić information content (AvgIpc) is 2.72. The van der Waals surface area contributed by atoms with Crippen molar-refractivity contribution >= 4 is 16.8 Å². The number of methoxy groups -OCH3 is 2. The van der Waals surface area contributed by atoms with Crippen molar-refractivity contribution in [1.29, 1.82) is 0 Å². The van der Waals surface area contributed by atoms with Gasteiger partial charge >= 0.3 is 0 Å². The standard InChI is InChI=1S/C21H22N2O4/c1-26-17-9-7-16(20(13-17)27-2)14-23(11-12-24)21(25)19-10-8-15-5-3-4-6-18(15)22-19/h3-10,13,24H,11-12,14H2,1-2H3. The summed E-state index contributed by atoms with van der Waals surface area (Å²) in [5.41, 5.74) is 1.92. The lowest BCUT2D eigenvalue weighted by atomic mass is 10.1. The molecule has 140 valence electrons. The van der Waals surface area contributed by atoms with Gasteiger partial charge in [0.25, 0.3) is 5.91 Å². The lowest BCUT2D eigenvalue weighted by molar-refractivity contribution is 0.0701. The van der Waals surface area contributed by atoms with Gasteiger partial charge in [-0.1, -0.05) is 24.3 Å². The Kier molecular flexibility index (Phi) is 5.88. The molecule has 2 aromatic carbocycles. The van der Waals surface area contributed by atoms with Crippen molar-refractivity contribution in [3.8, 4) is 11.5 Å². The van der Waals surface area contributed by atoms with E-state index < -0.39 is 0 Å². The van der Waals surface area contributed by atoms with E-state index in [2.05, 4.69) is 4.98 Å². The number of carbonyl (C=O) groups is 1. The van der Waals surface area contributed by atoms with Crippen LogP contribution in [0.4, 0.5) is 0 Å². The van der Waals surface area contributed by atoms with Gasteiger partial charge in [-0.3, -0.25) is 4.79 Å². The van der Waals surface area contributed by atoms with Crippen LogP contribution in [0, 0.1) is 0 Å². The van der Waals surface area contributed by atoms with Crippen LogP contribution in [-0.4, -0.2) is 48.3 Å². The number of hydrogen-bond acceptors (Lipinski definition) is 5. The van der Waals surface area contributed by atoms with Gasteiger partial charge in [0.1, 0.15) is 17.2 Å². The highest BCUT2D eigenvalue weighted by molar-refractivity contribution is 5.94. The molecule has 0 fully saturated rings. The van der Waals surface area contributed by atoms with E-state index in [9.17, 15) is 9.90 Å². The van der Waals surface area contributed by atoms with Crippen molar-refractivity contribution in [3.63, 3.8) is 0 Å². The number of para-hydroxylation sites is 1. The number of aromatic nitrogens is 1. The second kappa shape index (κ2) is 8.51. The summed E-state index contributed by atoms with van der Waals surface area (Å²) in [5.74, 6) is 1.05. The van der Waals surface area contributed by atoms with Crippen LogP contribution in [0.3, 0.4) is 0 Å². The monoisotopic (exact) mass is 366 g/mol. The molecule has 3 aromatic rings. The van der Waals surface area contributed by atoms with Crippen LogP contribution >= 0.6 is 0 Å². The maximum atomic E-state index is 13.0. The smallest absolute Gasteiger partial charge is 0.272 e. The number of rotatable bonds is 7. The summed E-state index contributed by atoms with van der Waals surface area (Å²) >= 11 is 0. The largest absolute Gasteiger partial charge is 0.497 e. The maximum absolute atomic E-state index is 13.0. The summed E-state index contributed by atoms with van der Waals surface area (Å²) in [5, 5.41) is 10.4. The number of carbonyl (C=O) groups excluding carboxylic acids is 1. The molecule has 0 atom stereocenters. The van der Waals surface area contributed by atoms with Crippen LogP contribution < -0.4 is 9.47 Å². The molecular formula is C21H22N2O4. The molecule has 0 spiro atoms. The summed E-state index contributed by atoms with van der Waals surface area (Å²) in [6.45, 7) is 0.349. The molecule has 1 heterocycles. The van der Waals surface area contributed by atoms with Gasteiger partial charge in [0.15, 0.2) is 0 Å². The predicted octanol–water partition coefficient (Wildman–Crippen LogP) is 2.89. The van der Waals surface area contributed by atoms with E-state index in [4.69, 9.17) is 9.47 Å². The highest BCUT2D eigenvalue weighted by Gasteiger charge is 2.19. The lowest BCUT2D eigenvalue weighted by Crippen LogP contribution is -2.33. The minimum Gasteiger partial charge on any atom is -0.497 e. The first-order chi connectivity index (χ1) is 13.2. The zero-order valence-electron chi connectivity index (χ0n) is 15.4. The molecule has 1 aromatic heterocycles. The molecule has 0 radical (unpaired) electrons. The van der Waals surface area contributed by atoms with E-state index in [0.29, 0.717) is 23.7 Å². The fourth-order valence-electron chi connectivity index (χ4n) is 2.91. The highest BCUT2D eigenvalue weighted by Crippen LogP contribution is 2.26. The number of nitrogens with zero attached hydrogens (tertiary/aromatic N) is 2. The molecule has 0 bridgehead atoms. The van der Waals surface area contributed by atoms with Gasteiger partial charge in [-0.05, 0) is 24.3 Å². The van der Waals surface area contributed by atoms with Crippen LogP contribution in [0.15, 0.2) is 54.6 Å². The number of aliphatic hydroxyl groups excluding tert-OH is 1. The number of ether oxygens (including phenoxy) is 2. The molecule has 0 aliphatic rings. The molecular weight excluding hydrogens is 344 g/mol. The first-order valence-electron chi connectivity index (χ1n) is 8.63. The van der Waals surface area contributed by atoms with E-state index in [0.717, 1.165) is 16.5 Å². The number of amides is 1. The van der Waals surface area contributed by atoms with E-state index in [1.54, 1.807) is 31.3 Å². The molecule has 0 unspecified atom stereocenters. The summed E-state index contributed by atoms with van der Waals surface area (Å²) in [4.78, 5) is 19.0. The topological polar surface area (TPSA) is 71.9 Å². The predicted molar refractivity (Wildman–Crippen MR) is 103 cm³/mol. The Bertz CT molecular complexity index is 942. The Morgan fingerprint density at radius 2 is 1.89 bits per heavy atom. The van der Waals surface area contributed by atoms with Crippen molar-refractivity contribution < 1.29 is 19.4 Å². The summed E-state index contributed by atoms with van der Waals surface area (Å²) in [7, 11) is 3.16. The van der Waals surface area contributed by atoms with Crippen molar-refractivity contribution in [3.05, 3.63) is 65.9 Å². The van der Waals surface area contributed by atoms with Crippen LogP contribution in [-0.2, 0) is 6.54 Å². The number of fused-ring (bicyclic) bond motifs is 1.